The highest BCUT2D eigenvalue weighted by molar-refractivity contribution is 7.90. The van der Waals surface area contributed by atoms with Gasteiger partial charge in [-0.3, -0.25) is 4.79 Å². The van der Waals surface area contributed by atoms with Gasteiger partial charge in [-0.1, -0.05) is 0 Å². The minimum atomic E-state index is -5.37. The summed E-state index contributed by atoms with van der Waals surface area (Å²) >= 11 is -1.69. The molecule has 1 aromatic heterocycles. The first-order valence-corrected chi connectivity index (χ1v) is 15.4. The fourth-order valence-electron chi connectivity index (χ4n) is 4.97. The first kappa shape index (κ1) is 34.2. The van der Waals surface area contributed by atoms with Crippen molar-refractivity contribution >= 4 is 23.4 Å². The minimum Gasteiger partial charge on any atom is -0.598 e. The van der Waals surface area contributed by atoms with Gasteiger partial charge in [0.25, 0.3) is 5.91 Å². The predicted molar refractivity (Wildman–Crippen MR) is 162 cm³/mol. The van der Waals surface area contributed by atoms with Crippen LogP contribution in [0.25, 0.3) is 11.3 Å². The van der Waals surface area contributed by atoms with Crippen LogP contribution in [0.4, 0.5) is 22.4 Å². The van der Waals surface area contributed by atoms with Crippen molar-refractivity contribution in [1.29, 1.82) is 0 Å². The lowest BCUT2D eigenvalue weighted by Gasteiger charge is -2.33. The van der Waals surface area contributed by atoms with E-state index in [9.17, 15) is 36.8 Å². The van der Waals surface area contributed by atoms with Gasteiger partial charge in [-0.15, -0.1) is 4.72 Å². The molecular formula is C31H32F4N4O7S. The van der Waals surface area contributed by atoms with E-state index in [0.29, 0.717) is 5.56 Å². The van der Waals surface area contributed by atoms with Gasteiger partial charge in [0.1, 0.15) is 28.4 Å². The molecule has 2 aliphatic heterocycles. The fraction of sp³-hybridized carbons (Fsp3) is 0.387. The number of methoxy groups -OCH3 is 1. The highest BCUT2D eigenvalue weighted by Gasteiger charge is 2.58. The molecule has 3 heterocycles. The molecule has 2 aliphatic rings. The quantitative estimate of drug-likeness (QED) is 0.201. The van der Waals surface area contributed by atoms with E-state index in [1.54, 1.807) is 27.7 Å². The summed E-state index contributed by atoms with van der Waals surface area (Å²) in [6.45, 7) is 5.19. The van der Waals surface area contributed by atoms with Crippen LogP contribution in [0.1, 0.15) is 54.9 Å². The number of carbonyl (C=O) groups excluding carboxylic acids is 2. The Balaban J connectivity index is 1.57. The van der Waals surface area contributed by atoms with E-state index >= 15 is 0 Å². The summed E-state index contributed by atoms with van der Waals surface area (Å²) in [5, 5.41) is 16.0. The summed E-state index contributed by atoms with van der Waals surface area (Å²) in [5.41, 5.74) is -5.54. The molecular weight excluding hydrogens is 648 g/mol. The maximum absolute atomic E-state index is 14.9. The number of aliphatic hydroxyl groups is 1. The number of aromatic nitrogens is 1. The Bertz CT molecular complexity index is 1700. The van der Waals surface area contributed by atoms with Crippen molar-refractivity contribution in [2.24, 2.45) is 0 Å². The molecule has 3 atom stereocenters. The van der Waals surface area contributed by atoms with E-state index in [-0.39, 0.29) is 52.8 Å². The maximum atomic E-state index is 14.9. The number of pyridine rings is 1. The molecule has 16 heteroatoms. The number of amides is 2. The molecule has 2 unspecified atom stereocenters. The molecule has 4 N–H and O–H groups in total. The highest BCUT2D eigenvalue weighted by atomic mass is 32.2. The van der Waals surface area contributed by atoms with E-state index in [4.69, 9.17) is 14.2 Å². The summed E-state index contributed by atoms with van der Waals surface area (Å²) in [5.74, 6) is -1.48. The second kappa shape index (κ2) is 12.2. The molecule has 2 amide bonds. The number of rotatable bonds is 8. The molecule has 0 aliphatic carbocycles. The third kappa shape index (κ3) is 6.54. The van der Waals surface area contributed by atoms with Gasteiger partial charge in [0.05, 0.1) is 19.3 Å². The summed E-state index contributed by atoms with van der Waals surface area (Å²) < 4.78 is 89.9. The lowest BCUT2D eigenvalue weighted by atomic mass is 9.89. The Morgan fingerprint density at radius 2 is 1.85 bits per heavy atom. The maximum Gasteiger partial charge on any atom is 0.424 e. The molecule has 0 spiro atoms. The highest BCUT2D eigenvalue weighted by Crippen LogP contribution is 2.47. The van der Waals surface area contributed by atoms with Crippen molar-refractivity contribution in [3.8, 4) is 28.5 Å². The normalized spacial score (nSPS) is 19.3. The van der Waals surface area contributed by atoms with Gasteiger partial charge in [0.2, 0.25) is 5.60 Å². The van der Waals surface area contributed by atoms with Crippen molar-refractivity contribution in [3.63, 3.8) is 0 Å². The van der Waals surface area contributed by atoms with E-state index in [0.717, 1.165) is 18.2 Å². The van der Waals surface area contributed by atoms with Gasteiger partial charge >= 0.3 is 12.3 Å². The number of nitrogens with zero attached hydrogens (tertiary/aromatic N) is 1. The lowest BCUT2D eigenvalue weighted by Crippen LogP contribution is -2.52. The van der Waals surface area contributed by atoms with E-state index in [1.165, 1.54) is 31.4 Å². The Kier molecular flexibility index (Phi) is 8.85. The first-order valence-electron chi connectivity index (χ1n) is 14.2. The number of hydrogen-bond donors (Lipinski definition) is 4. The third-order valence-electron chi connectivity index (χ3n) is 7.69. The van der Waals surface area contributed by atoms with Crippen molar-refractivity contribution < 1.29 is 51.0 Å². The monoisotopic (exact) mass is 680 g/mol. The zero-order valence-corrected chi connectivity index (χ0v) is 26.7. The summed E-state index contributed by atoms with van der Waals surface area (Å²) in [4.78, 5) is 29.0. The Hall–Kier alpha value is -4.12. The van der Waals surface area contributed by atoms with Gasteiger partial charge in [-0.25, -0.2) is 14.2 Å². The summed E-state index contributed by atoms with van der Waals surface area (Å²) in [7, 11) is 1.26. The molecule has 252 valence electrons. The second-order valence-corrected chi connectivity index (χ2v) is 14.3. The fourth-order valence-corrected chi connectivity index (χ4v) is 5.86. The number of alkyl halides is 3. The predicted octanol–water partition coefficient (Wildman–Crippen LogP) is 4.34. The van der Waals surface area contributed by atoms with E-state index in [1.807, 2.05) is 0 Å². The largest absolute Gasteiger partial charge is 0.598 e. The number of benzene rings is 2. The van der Waals surface area contributed by atoms with Gasteiger partial charge in [0, 0.05) is 40.2 Å². The van der Waals surface area contributed by atoms with E-state index in [2.05, 4.69) is 20.3 Å². The third-order valence-corrected chi connectivity index (χ3v) is 9.44. The number of carbonyl (C=O) groups is 2. The van der Waals surface area contributed by atoms with Gasteiger partial charge < -0.3 is 34.5 Å². The van der Waals surface area contributed by atoms with Crippen LogP contribution in [0.15, 0.2) is 42.5 Å². The molecule has 0 radical (unpaired) electrons. The van der Waals surface area contributed by atoms with Crippen molar-refractivity contribution in [2.75, 3.05) is 20.3 Å². The van der Waals surface area contributed by atoms with Crippen LogP contribution in [0.3, 0.4) is 0 Å². The molecule has 0 fully saturated rings. The van der Waals surface area contributed by atoms with Crippen LogP contribution in [0, 0.1) is 5.82 Å². The average molecular weight is 681 g/mol. The molecule has 47 heavy (non-hydrogen) atoms. The van der Waals surface area contributed by atoms with Crippen LogP contribution in [0.5, 0.6) is 17.2 Å². The van der Waals surface area contributed by atoms with Crippen LogP contribution >= 0.6 is 0 Å². The summed E-state index contributed by atoms with van der Waals surface area (Å²) in [6.07, 6.45) is -6.11. The Labute approximate surface area is 270 Å². The van der Waals surface area contributed by atoms with Gasteiger partial charge in [-0.05, 0) is 70.2 Å². The smallest absolute Gasteiger partial charge is 0.424 e. The molecule has 3 aromatic rings. The molecule has 0 saturated carbocycles. The Morgan fingerprint density at radius 3 is 2.47 bits per heavy atom. The molecule has 2 aromatic carbocycles. The van der Waals surface area contributed by atoms with Gasteiger partial charge in [-0.2, -0.15) is 13.2 Å². The molecule has 0 bridgehead atoms. The molecule has 5 rings (SSSR count). The van der Waals surface area contributed by atoms with Crippen molar-refractivity contribution in [3.05, 3.63) is 70.7 Å². The number of halogens is 4. The molecule has 0 saturated heterocycles. The summed E-state index contributed by atoms with van der Waals surface area (Å²) in [6, 6.07) is 8.28. The van der Waals surface area contributed by atoms with Crippen molar-refractivity contribution in [1.82, 2.24) is 20.3 Å². The lowest BCUT2D eigenvalue weighted by molar-refractivity contribution is -0.265. The number of fused-ring (bicyclic) bond motifs is 2. The molecule has 11 nitrogen and oxygen atoms in total. The zero-order chi connectivity index (χ0) is 34.5. The van der Waals surface area contributed by atoms with Gasteiger partial charge in [0.15, 0.2) is 17.2 Å². The van der Waals surface area contributed by atoms with Crippen LogP contribution in [-0.2, 0) is 29.0 Å². The minimum absolute atomic E-state index is 0.00255. The number of ether oxygens (including phenoxy) is 3. The SMILES string of the molecule is COc1cc(C(=O)NCC(O)(c2cc3c(c(-c4ccc(F)cc4)n2)OC[C@@]3(C)N[S+]([O-])C(C)(C)C)C(F)(F)F)cc2c1OC(=O)NC2. The van der Waals surface area contributed by atoms with Crippen molar-refractivity contribution in [2.45, 2.75) is 56.3 Å². The number of nitrogens with one attached hydrogen (secondary N) is 3. The Morgan fingerprint density at radius 1 is 1.17 bits per heavy atom. The van der Waals surface area contributed by atoms with Crippen LogP contribution in [0.2, 0.25) is 0 Å². The second-order valence-electron chi connectivity index (χ2n) is 12.3. The van der Waals surface area contributed by atoms with Crippen LogP contribution < -0.4 is 29.6 Å². The first-order chi connectivity index (χ1) is 21.9. The van der Waals surface area contributed by atoms with Crippen LogP contribution in [-0.4, -0.2) is 57.8 Å². The zero-order valence-electron chi connectivity index (χ0n) is 25.9. The topological polar surface area (TPSA) is 154 Å². The average Bonchev–Trinajstić information content (AvgIpc) is 3.33. The van der Waals surface area contributed by atoms with E-state index < -0.39 is 63.5 Å². The number of hydrogen-bond acceptors (Lipinski definition) is 9. The standard InChI is InChI=1S/C31H32F4N4O7S/c1-28(2,3)47(43)39-29(4)15-45-25-20(29)12-22(38-23(25)16-6-8-19(32)9-7-16)30(42,31(33,34)35)14-37-26(40)17-10-18-13-36-27(41)46-24(18)21(11-17)44-5/h6-12,39,42H,13-15H2,1-5H3,(H,36,41)(H,37,40)/t29-,30?,47?/m1/s1.